The van der Waals surface area contributed by atoms with Crippen LogP contribution in [-0.4, -0.2) is 23.4 Å². The van der Waals surface area contributed by atoms with Crippen LogP contribution in [0.15, 0.2) is 18.2 Å². The fourth-order valence-electron chi connectivity index (χ4n) is 1.47. The van der Waals surface area contributed by atoms with Crippen LogP contribution >= 0.6 is 11.8 Å². The van der Waals surface area contributed by atoms with Crippen LogP contribution in [0.5, 0.6) is 0 Å². The molecule has 1 heterocycles. The molecule has 0 spiro atoms. The zero-order valence-corrected chi connectivity index (χ0v) is 9.90. The van der Waals surface area contributed by atoms with Gasteiger partial charge in [-0.25, -0.2) is 0 Å². The van der Waals surface area contributed by atoms with Gasteiger partial charge in [-0.15, -0.1) is 11.8 Å². The van der Waals surface area contributed by atoms with E-state index in [4.69, 9.17) is 10.6 Å². The van der Waals surface area contributed by atoms with Crippen LogP contribution in [0.4, 0.5) is 11.4 Å². The largest absolute Gasteiger partial charge is 0.379 e. The van der Waals surface area contributed by atoms with Crippen molar-refractivity contribution in [2.45, 2.75) is 11.0 Å². The highest BCUT2D eigenvalue weighted by atomic mass is 32.2. The van der Waals surface area contributed by atoms with Crippen molar-refractivity contribution in [1.29, 1.82) is 0 Å². The molecule has 1 fully saturated rings. The highest BCUT2D eigenvalue weighted by Crippen LogP contribution is 2.29. The predicted molar refractivity (Wildman–Crippen MR) is 66.8 cm³/mol. The Morgan fingerprint density at radius 2 is 2.35 bits per heavy atom. The van der Waals surface area contributed by atoms with E-state index < -0.39 is 4.92 Å². The lowest BCUT2D eigenvalue weighted by Gasteiger charge is -2.25. The van der Waals surface area contributed by atoms with Crippen LogP contribution in [0.2, 0.25) is 0 Å². The highest BCUT2D eigenvalue weighted by molar-refractivity contribution is 7.99. The van der Waals surface area contributed by atoms with Crippen molar-refractivity contribution < 1.29 is 9.66 Å². The molecule has 17 heavy (non-hydrogen) atoms. The van der Waals surface area contributed by atoms with Crippen molar-refractivity contribution in [3.8, 4) is 0 Å². The Balaban J connectivity index is 2.10. The van der Waals surface area contributed by atoms with Crippen molar-refractivity contribution in [2.75, 3.05) is 18.6 Å². The summed E-state index contributed by atoms with van der Waals surface area (Å²) in [5.41, 5.74) is 4.21. The van der Waals surface area contributed by atoms with Crippen molar-refractivity contribution in [2.24, 2.45) is 5.84 Å². The van der Waals surface area contributed by atoms with Gasteiger partial charge in [0.1, 0.15) is 0 Å². The molecule has 0 atom stereocenters. The molecule has 0 unspecified atom stereocenters. The van der Waals surface area contributed by atoms with Crippen molar-refractivity contribution in [3.05, 3.63) is 33.9 Å². The normalized spacial score (nSPS) is 15.4. The minimum Gasteiger partial charge on any atom is -0.379 e. The summed E-state index contributed by atoms with van der Waals surface area (Å²) in [6.45, 7) is 1.51. The minimum atomic E-state index is -0.402. The summed E-state index contributed by atoms with van der Waals surface area (Å²) in [7, 11) is 0. The second-order valence-electron chi connectivity index (χ2n) is 3.71. The quantitative estimate of drug-likeness (QED) is 0.471. The number of hydrazine groups is 1. The molecule has 1 aliphatic rings. The van der Waals surface area contributed by atoms with Gasteiger partial charge >= 0.3 is 0 Å². The van der Waals surface area contributed by atoms with E-state index >= 15 is 0 Å². The van der Waals surface area contributed by atoms with Gasteiger partial charge in [-0.1, -0.05) is 0 Å². The first-order valence-electron chi connectivity index (χ1n) is 5.14. The molecule has 0 aromatic heterocycles. The number of nitrogens with zero attached hydrogens (tertiary/aromatic N) is 1. The Morgan fingerprint density at radius 1 is 1.59 bits per heavy atom. The van der Waals surface area contributed by atoms with Gasteiger partial charge in [0.15, 0.2) is 0 Å². The van der Waals surface area contributed by atoms with E-state index in [0.717, 1.165) is 24.5 Å². The maximum Gasteiger partial charge on any atom is 0.269 e. The van der Waals surface area contributed by atoms with Crippen molar-refractivity contribution in [3.63, 3.8) is 0 Å². The van der Waals surface area contributed by atoms with E-state index in [0.29, 0.717) is 11.0 Å². The lowest BCUT2D eigenvalue weighted by Crippen LogP contribution is -2.30. The third kappa shape index (κ3) is 2.87. The number of hydrogen-bond acceptors (Lipinski definition) is 6. The van der Waals surface area contributed by atoms with E-state index in [1.165, 1.54) is 6.07 Å². The molecule has 7 heteroatoms. The number of benzene rings is 1. The van der Waals surface area contributed by atoms with E-state index in [9.17, 15) is 10.1 Å². The van der Waals surface area contributed by atoms with E-state index in [2.05, 4.69) is 5.43 Å². The molecule has 0 amide bonds. The Hall–Kier alpha value is -1.31. The van der Waals surface area contributed by atoms with E-state index in [1.54, 1.807) is 23.9 Å². The number of nitrogen functional groups attached to an aromatic ring is 1. The number of thioether (sulfide) groups is 1. The average Bonchev–Trinajstić information content (AvgIpc) is 2.26. The van der Waals surface area contributed by atoms with Gasteiger partial charge in [0.05, 0.1) is 29.1 Å². The fraction of sp³-hybridized carbons (Fsp3) is 0.400. The van der Waals surface area contributed by atoms with Crippen molar-refractivity contribution >= 4 is 23.1 Å². The summed E-state index contributed by atoms with van der Waals surface area (Å²) in [5.74, 6) is 6.07. The number of nitrogens with one attached hydrogen (secondary N) is 1. The van der Waals surface area contributed by atoms with Crippen LogP contribution in [0, 0.1) is 10.1 Å². The number of nitro groups is 1. The molecule has 0 radical (unpaired) electrons. The number of nitrogens with two attached hydrogens (primary N) is 1. The molecular formula is C10H13N3O3S. The van der Waals surface area contributed by atoms with Gasteiger partial charge in [0.25, 0.3) is 5.69 Å². The summed E-state index contributed by atoms with van der Waals surface area (Å²) < 4.78 is 5.07. The topological polar surface area (TPSA) is 90.4 Å². The van der Waals surface area contributed by atoms with Gasteiger partial charge in [-0.3, -0.25) is 16.0 Å². The molecule has 0 bridgehead atoms. The molecule has 0 aliphatic carbocycles. The monoisotopic (exact) mass is 255 g/mol. The van der Waals surface area contributed by atoms with E-state index in [-0.39, 0.29) is 5.69 Å². The molecule has 1 aliphatic heterocycles. The Kier molecular flexibility index (Phi) is 3.82. The molecule has 1 aromatic carbocycles. The first kappa shape index (κ1) is 12.2. The fourth-order valence-corrected chi connectivity index (χ4v) is 2.51. The lowest BCUT2D eigenvalue weighted by molar-refractivity contribution is -0.384. The summed E-state index contributed by atoms with van der Waals surface area (Å²) in [6.07, 6.45) is 0. The van der Waals surface area contributed by atoms with E-state index in [1.807, 2.05) is 0 Å². The van der Waals surface area contributed by atoms with Gasteiger partial charge in [-0.2, -0.15) is 0 Å². The average molecular weight is 255 g/mol. The number of rotatable bonds is 5. The molecule has 3 N–H and O–H groups in total. The Labute approximate surface area is 103 Å². The maximum absolute atomic E-state index is 10.7. The molecule has 1 saturated heterocycles. The number of anilines is 1. The van der Waals surface area contributed by atoms with Crippen LogP contribution in [0.3, 0.4) is 0 Å². The highest BCUT2D eigenvalue weighted by Gasteiger charge is 2.19. The molecular weight excluding hydrogens is 242 g/mol. The Bertz CT molecular complexity index is 423. The number of non-ortho nitro benzene ring substituents is 1. The molecule has 92 valence electrons. The van der Waals surface area contributed by atoms with Gasteiger partial charge in [-0.05, 0) is 11.6 Å². The maximum atomic E-state index is 10.7. The molecule has 6 nitrogen and oxygen atoms in total. The zero-order valence-electron chi connectivity index (χ0n) is 9.09. The number of hydrogen-bond donors (Lipinski definition) is 2. The van der Waals surface area contributed by atoms with Crippen LogP contribution in [-0.2, 0) is 10.5 Å². The lowest BCUT2D eigenvalue weighted by atomic mass is 10.2. The third-order valence-corrected chi connectivity index (χ3v) is 3.76. The second kappa shape index (κ2) is 5.35. The summed E-state index contributed by atoms with van der Waals surface area (Å²) in [5, 5.41) is 11.2. The Morgan fingerprint density at radius 3 is 2.88 bits per heavy atom. The smallest absolute Gasteiger partial charge is 0.269 e. The molecule has 1 aromatic rings. The number of ether oxygens (including phenoxy) is 1. The predicted octanol–water partition coefficient (Wildman–Crippen LogP) is 1.51. The van der Waals surface area contributed by atoms with Gasteiger partial charge in [0.2, 0.25) is 0 Å². The third-order valence-electron chi connectivity index (χ3n) is 2.54. The zero-order chi connectivity index (χ0) is 12.3. The molecule has 0 saturated carbocycles. The van der Waals surface area contributed by atoms with Crippen LogP contribution in [0.25, 0.3) is 0 Å². The first-order chi connectivity index (χ1) is 8.20. The van der Waals surface area contributed by atoms with Crippen LogP contribution in [0.1, 0.15) is 5.56 Å². The van der Waals surface area contributed by atoms with Crippen LogP contribution < -0.4 is 11.3 Å². The summed E-state index contributed by atoms with van der Waals surface area (Å²) in [4.78, 5) is 10.3. The van der Waals surface area contributed by atoms with Crippen molar-refractivity contribution in [1.82, 2.24) is 0 Å². The SMILES string of the molecule is NNc1ccc([N+](=O)[O-])cc1CSC1COC1. The van der Waals surface area contributed by atoms with Gasteiger partial charge in [0, 0.05) is 17.9 Å². The standard InChI is InChI=1S/C10H13N3O3S/c11-12-10-2-1-8(13(14)15)3-7(10)6-17-9-4-16-5-9/h1-3,9,12H,4-6,11H2. The number of nitro benzene ring substituents is 1. The summed E-state index contributed by atoms with van der Waals surface area (Å²) >= 11 is 1.72. The minimum absolute atomic E-state index is 0.0875. The first-order valence-corrected chi connectivity index (χ1v) is 6.19. The van der Waals surface area contributed by atoms with Gasteiger partial charge < -0.3 is 10.2 Å². The summed E-state index contributed by atoms with van der Waals surface area (Å²) in [6, 6.07) is 4.63. The molecule has 2 rings (SSSR count). The second-order valence-corrected chi connectivity index (χ2v) is 5.00.